The summed E-state index contributed by atoms with van der Waals surface area (Å²) >= 11 is 5.17. The van der Waals surface area contributed by atoms with Gasteiger partial charge in [-0.1, -0.05) is 30.3 Å². The number of rotatable bonds is 7. The van der Waals surface area contributed by atoms with Crippen LogP contribution in [0.4, 0.5) is 5.69 Å². The van der Waals surface area contributed by atoms with Crippen molar-refractivity contribution in [2.75, 3.05) is 11.9 Å². The van der Waals surface area contributed by atoms with Crippen molar-refractivity contribution < 1.29 is 14.3 Å². The molecule has 0 radical (unpaired) electrons. The molecule has 0 fully saturated rings. The summed E-state index contributed by atoms with van der Waals surface area (Å²) in [6.45, 7) is 2.98. The monoisotopic (exact) mass is 421 g/mol. The highest BCUT2D eigenvalue weighted by molar-refractivity contribution is 7.80. The lowest BCUT2D eigenvalue weighted by Crippen LogP contribution is -2.43. The minimum absolute atomic E-state index is 0.286. The molecule has 0 heterocycles. The van der Waals surface area contributed by atoms with E-state index < -0.39 is 0 Å². The number of hydrogen-bond acceptors (Lipinski definition) is 4. The molecule has 1 amide bonds. The fourth-order valence-electron chi connectivity index (χ4n) is 2.59. The van der Waals surface area contributed by atoms with Crippen LogP contribution in [0, 0.1) is 0 Å². The number of hydrogen-bond donors (Lipinski definition) is 3. The maximum Gasteiger partial charge on any atom is 0.269 e. The summed E-state index contributed by atoms with van der Waals surface area (Å²) in [6.07, 6.45) is 0. The van der Waals surface area contributed by atoms with Gasteiger partial charge in [0.2, 0.25) is 0 Å². The minimum Gasteiger partial charge on any atom is -0.494 e. The van der Waals surface area contributed by atoms with Crippen molar-refractivity contribution in [1.82, 2.24) is 10.9 Å². The van der Waals surface area contributed by atoms with Crippen molar-refractivity contribution in [3.8, 4) is 11.5 Å². The number of ether oxygens (including phenoxy) is 2. The molecule has 3 aromatic rings. The number of carbonyl (C=O) groups is 1. The van der Waals surface area contributed by atoms with Gasteiger partial charge < -0.3 is 14.8 Å². The number of anilines is 1. The molecular weight excluding hydrogens is 398 g/mol. The van der Waals surface area contributed by atoms with Crippen LogP contribution in [0.25, 0.3) is 0 Å². The highest BCUT2D eigenvalue weighted by Gasteiger charge is 2.06. The van der Waals surface area contributed by atoms with Gasteiger partial charge in [-0.15, -0.1) is 0 Å². The van der Waals surface area contributed by atoms with Gasteiger partial charge in [-0.3, -0.25) is 15.6 Å². The Morgan fingerprint density at radius 3 is 2.10 bits per heavy atom. The molecule has 7 heteroatoms. The van der Waals surface area contributed by atoms with E-state index in [1.165, 1.54) is 0 Å². The van der Waals surface area contributed by atoms with Crippen LogP contribution >= 0.6 is 12.2 Å². The topological polar surface area (TPSA) is 71.6 Å². The first-order chi connectivity index (χ1) is 14.6. The van der Waals surface area contributed by atoms with Crippen molar-refractivity contribution in [2.45, 2.75) is 13.5 Å². The lowest BCUT2D eigenvalue weighted by Gasteiger charge is -2.12. The molecule has 3 N–H and O–H groups in total. The zero-order valence-corrected chi connectivity index (χ0v) is 17.4. The Morgan fingerprint density at radius 2 is 1.47 bits per heavy atom. The van der Waals surface area contributed by atoms with Crippen LogP contribution in [0.1, 0.15) is 22.8 Å². The minimum atomic E-state index is -0.286. The normalized spacial score (nSPS) is 10.0. The van der Waals surface area contributed by atoms with E-state index in [1.54, 1.807) is 12.1 Å². The highest BCUT2D eigenvalue weighted by atomic mass is 32.1. The second kappa shape index (κ2) is 10.8. The predicted octanol–water partition coefficient (Wildman–Crippen LogP) is 4.30. The number of nitrogens with one attached hydrogen (secondary N) is 3. The van der Waals surface area contributed by atoms with Crippen LogP contribution in [0.2, 0.25) is 0 Å². The Kier molecular flexibility index (Phi) is 7.63. The lowest BCUT2D eigenvalue weighted by molar-refractivity contribution is 0.0944. The van der Waals surface area contributed by atoms with Gasteiger partial charge in [0.1, 0.15) is 18.1 Å². The van der Waals surface area contributed by atoms with E-state index in [0.29, 0.717) is 23.9 Å². The molecule has 0 aliphatic heterocycles. The summed E-state index contributed by atoms with van der Waals surface area (Å²) < 4.78 is 11.2. The third kappa shape index (κ3) is 6.49. The summed E-state index contributed by atoms with van der Waals surface area (Å²) in [5.41, 5.74) is 7.56. The third-order valence-corrected chi connectivity index (χ3v) is 4.28. The molecule has 0 atom stereocenters. The molecule has 3 rings (SSSR count). The van der Waals surface area contributed by atoms with Gasteiger partial charge in [-0.2, -0.15) is 0 Å². The fourth-order valence-corrected chi connectivity index (χ4v) is 2.76. The van der Waals surface area contributed by atoms with E-state index in [4.69, 9.17) is 21.7 Å². The number of amides is 1. The number of para-hydroxylation sites is 1. The van der Waals surface area contributed by atoms with Crippen LogP contribution in [-0.4, -0.2) is 17.6 Å². The van der Waals surface area contributed by atoms with E-state index in [2.05, 4.69) is 16.2 Å². The zero-order valence-electron chi connectivity index (χ0n) is 16.6. The van der Waals surface area contributed by atoms with Crippen molar-refractivity contribution in [3.63, 3.8) is 0 Å². The largest absolute Gasteiger partial charge is 0.494 e. The second-order valence-electron chi connectivity index (χ2n) is 6.29. The van der Waals surface area contributed by atoms with Crippen molar-refractivity contribution in [1.29, 1.82) is 0 Å². The molecule has 154 valence electrons. The summed E-state index contributed by atoms with van der Waals surface area (Å²) in [4.78, 5) is 12.3. The van der Waals surface area contributed by atoms with Crippen LogP contribution in [0.5, 0.6) is 11.5 Å². The zero-order chi connectivity index (χ0) is 21.2. The number of carbonyl (C=O) groups excluding carboxylic acids is 1. The highest BCUT2D eigenvalue weighted by Crippen LogP contribution is 2.18. The van der Waals surface area contributed by atoms with E-state index >= 15 is 0 Å². The van der Waals surface area contributed by atoms with E-state index in [-0.39, 0.29) is 5.91 Å². The van der Waals surface area contributed by atoms with Gasteiger partial charge in [0.15, 0.2) is 5.11 Å². The Hall–Kier alpha value is -3.58. The molecule has 3 aromatic carbocycles. The smallest absolute Gasteiger partial charge is 0.269 e. The molecular formula is C23H23N3O3S. The Balaban J connectivity index is 1.45. The summed E-state index contributed by atoms with van der Waals surface area (Å²) in [6, 6.07) is 24.1. The number of hydrazine groups is 1. The molecule has 0 spiro atoms. The molecule has 0 saturated heterocycles. The van der Waals surface area contributed by atoms with E-state index in [9.17, 15) is 4.79 Å². The summed E-state index contributed by atoms with van der Waals surface area (Å²) in [5.74, 6) is 1.28. The summed E-state index contributed by atoms with van der Waals surface area (Å²) in [7, 11) is 0. The Labute approximate surface area is 181 Å². The third-order valence-electron chi connectivity index (χ3n) is 4.08. The van der Waals surface area contributed by atoms with Crippen molar-refractivity contribution in [2.24, 2.45) is 0 Å². The molecule has 0 aliphatic rings. The molecule has 0 saturated carbocycles. The second-order valence-corrected chi connectivity index (χ2v) is 6.70. The lowest BCUT2D eigenvalue weighted by atomic mass is 10.1. The van der Waals surface area contributed by atoms with Crippen LogP contribution in [0.3, 0.4) is 0 Å². The number of benzene rings is 3. The van der Waals surface area contributed by atoms with E-state index in [1.807, 2.05) is 73.7 Å². The first-order valence-electron chi connectivity index (χ1n) is 9.51. The predicted molar refractivity (Wildman–Crippen MR) is 122 cm³/mol. The first-order valence-corrected chi connectivity index (χ1v) is 9.92. The maximum atomic E-state index is 12.3. The van der Waals surface area contributed by atoms with Crippen LogP contribution in [0.15, 0.2) is 78.9 Å². The average molecular weight is 422 g/mol. The molecule has 0 bridgehead atoms. The average Bonchev–Trinajstić information content (AvgIpc) is 2.78. The molecule has 0 unspecified atom stereocenters. The molecule has 0 aromatic heterocycles. The van der Waals surface area contributed by atoms with Crippen LogP contribution in [-0.2, 0) is 6.61 Å². The van der Waals surface area contributed by atoms with Crippen molar-refractivity contribution >= 4 is 28.9 Å². The fraction of sp³-hybridized carbons (Fsp3) is 0.130. The molecule has 6 nitrogen and oxygen atoms in total. The van der Waals surface area contributed by atoms with Crippen molar-refractivity contribution in [3.05, 3.63) is 90.0 Å². The van der Waals surface area contributed by atoms with Gasteiger partial charge in [0.05, 0.1) is 6.61 Å². The molecule has 30 heavy (non-hydrogen) atoms. The van der Waals surface area contributed by atoms with Gasteiger partial charge in [-0.25, -0.2) is 0 Å². The van der Waals surface area contributed by atoms with Gasteiger partial charge in [0.25, 0.3) is 5.91 Å². The first kappa shape index (κ1) is 21.1. The number of thiocarbonyl (C=S) groups is 1. The SMILES string of the molecule is CCOc1ccc(OCc2ccc(C(=O)NNC(=S)Nc3ccccc3)cc2)cc1. The maximum absolute atomic E-state index is 12.3. The summed E-state index contributed by atoms with van der Waals surface area (Å²) in [5, 5.41) is 3.28. The quantitative estimate of drug-likeness (QED) is 0.390. The van der Waals surface area contributed by atoms with Gasteiger partial charge in [-0.05, 0) is 73.2 Å². The Morgan fingerprint density at radius 1 is 0.833 bits per heavy atom. The standard InChI is InChI=1S/C23H23N3O3S/c1-2-28-20-12-14-21(15-13-20)29-16-17-8-10-18(11-9-17)22(27)25-26-23(30)24-19-6-4-3-5-7-19/h3-15H,2,16H2,1H3,(H,25,27)(H2,24,26,30). The Bertz CT molecular complexity index is 961. The van der Waals surface area contributed by atoms with Crippen LogP contribution < -0.4 is 25.6 Å². The van der Waals surface area contributed by atoms with Gasteiger partial charge >= 0.3 is 0 Å². The molecule has 0 aliphatic carbocycles. The van der Waals surface area contributed by atoms with E-state index in [0.717, 1.165) is 22.7 Å². The van der Waals surface area contributed by atoms with Gasteiger partial charge in [0, 0.05) is 11.3 Å².